The number of furan rings is 1. The number of carbonyl (C=O) groups is 1. The van der Waals surface area contributed by atoms with Crippen molar-refractivity contribution in [3.8, 4) is 17.1 Å². The SMILES string of the molecule is O=Cc1ccc(-c2ccco2)cc1O. The number of phenols is 1. The molecular weight excluding hydrogens is 180 g/mol. The van der Waals surface area contributed by atoms with Gasteiger partial charge >= 0.3 is 0 Å². The van der Waals surface area contributed by atoms with Gasteiger partial charge in [-0.3, -0.25) is 4.79 Å². The molecule has 0 aliphatic rings. The minimum atomic E-state index is -0.0334. The molecule has 2 aromatic rings. The van der Waals surface area contributed by atoms with Crippen LogP contribution in [0.3, 0.4) is 0 Å². The molecule has 1 N–H and O–H groups in total. The number of rotatable bonds is 2. The zero-order chi connectivity index (χ0) is 9.97. The first-order valence-corrected chi connectivity index (χ1v) is 4.13. The molecule has 1 aromatic heterocycles. The molecule has 0 bridgehead atoms. The fourth-order valence-electron chi connectivity index (χ4n) is 1.24. The molecule has 0 spiro atoms. The summed E-state index contributed by atoms with van der Waals surface area (Å²) in [5.74, 6) is 0.631. The lowest BCUT2D eigenvalue weighted by Crippen LogP contribution is -1.81. The number of hydrogen-bond acceptors (Lipinski definition) is 3. The van der Waals surface area contributed by atoms with Crippen LogP contribution in [0.5, 0.6) is 5.75 Å². The van der Waals surface area contributed by atoms with Gasteiger partial charge in [0.25, 0.3) is 0 Å². The summed E-state index contributed by atoms with van der Waals surface area (Å²) in [5, 5.41) is 9.42. The topological polar surface area (TPSA) is 50.4 Å². The highest BCUT2D eigenvalue weighted by molar-refractivity contribution is 5.81. The highest BCUT2D eigenvalue weighted by Crippen LogP contribution is 2.25. The van der Waals surface area contributed by atoms with E-state index in [1.54, 1.807) is 30.5 Å². The Labute approximate surface area is 80.6 Å². The summed E-state index contributed by atoms with van der Waals surface area (Å²) < 4.78 is 5.15. The first kappa shape index (κ1) is 8.56. The van der Waals surface area contributed by atoms with Gasteiger partial charge in [-0.15, -0.1) is 0 Å². The van der Waals surface area contributed by atoms with E-state index in [-0.39, 0.29) is 11.3 Å². The molecule has 3 nitrogen and oxygen atoms in total. The van der Waals surface area contributed by atoms with Gasteiger partial charge in [0.05, 0.1) is 11.8 Å². The van der Waals surface area contributed by atoms with Crippen molar-refractivity contribution in [2.45, 2.75) is 0 Å². The minimum absolute atomic E-state index is 0.0334. The smallest absolute Gasteiger partial charge is 0.153 e. The molecule has 70 valence electrons. The number of aromatic hydroxyl groups is 1. The Morgan fingerprint density at radius 3 is 2.71 bits per heavy atom. The van der Waals surface area contributed by atoms with Gasteiger partial charge in [-0.2, -0.15) is 0 Å². The number of benzene rings is 1. The molecule has 0 aliphatic heterocycles. The maximum absolute atomic E-state index is 10.4. The standard InChI is InChI=1S/C11H8O3/c12-7-9-4-3-8(6-10(9)13)11-2-1-5-14-11/h1-7,13H. The van der Waals surface area contributed by atoms with Crippen molar-refractivity contribution in [3.63, 3.8) is 0 Å². The van der Waals surface area contributed by atoms with E-state index < -0.39 is 0 Å². The molecule has 14 heavy (non-hydrogen) atoms. The second-order valence-corrected chi connectivity index (χ2v) is 2.87. The minimum Gasteiger partial charge on any atom is -0.507 e. The summed E-state index contributed by atoms with van der Waals surface area (Å²) in [6.45, 7) is 0. The average Bonchev–Trinajstić information content (AvgIpc) is 2.70. The van der Waals surface area contributed by atoms with Gasteiger partial charge in [0.1, 0.15) is 11.5 Å². The summed E-state index contributed by atoms with van der Waals surface area (Å²) in [6.07, 6.45) is 2.17. The molecule has 0 aliphatic carbocycles. The molecular formula is C11H8O3. The molecule has 0 fully saturated rings. The van der Waals surface area contributed by atoms with Gasteiger partial charge < -0.3 is 9.52 Å². The summed E-state index contributed by atoms with van der Waals surface area (Å²) >= 11 is 0. The molecule has 0 atom stereocenters. The number of phenolic OH excluding ortho intramolecular Hbond substituents is 1. The third kappa shape index (κ3) is 1.40. The molecule has 1 heterocycles. The van der Waals surface area contributed by atoms with E-state index in [2.05, 4.69) is 0 Å². The van der Waals surface area contributed by atoms with E-state index in [1.165, 1.54) is 6.07 Å². The van der Waals surface area contributed by atoms with Gasteiger partial charge in [0, 0.05) is 5.56 Å². The van der Waals surface area contributed by atoms with E-state index >= 15 is 0 Å². The van der Waals surface area contributed by atoms with Crippen molar-refractivity contribution in [2.24, 2.45) is 0 Å². The second-order valence-electron chi connectivity index (χ2n) is 2.87. The van der Waals surface area contributed by atoms with Crippen molar-refractivity contribution in [1.82, 2.24) is 0 Å². The molecule has 0 saturated heterocycles. The number of hydrogen-bond donors (Lipinski definition) is 1. The van der Waals surface area contributed by atoms with Gasteiger partial charge in [-0.05, 0) is 24.3 Å². The van der Waals surface area contributed by atoms with Crippen LogP contribution in [0, 0.1) is 0 Å². The molecule has 1 aromatic carbocycles. The zero-order valence-electron chi connectivity index (χ0n) is 7.31. The normalized spacial score (nSPS) is 10.0. The van der Waals surface area contributed by atoms with E-state index in [9.17, 15) is 9.90 Å². The Morgan fingerprint density at radius 1 is 1.29 bits per heavy atom. The van der Waals surface area contributed by atoms with Crippen LogP contribution >= 0.6 is 0 Å². The maximum Gasteiger partial charge on any atom is 0.153 e. The predicted molar refractivity (Wildman–Crippen MR) is 51.2 cm³/mol. The average molecular weight is 188 g/mol. The van der Waals surface area contributed by atoms with Gasteiger partial charge in [-0.25, -0.2) is 0 Å². The lowest BCUT2D eigenvalue weighted by molar-refractivity contribution is 0.112. The van der Waals surface area contributed by atoms with Crippen molar-refractivity contribution < 1.29 is 14.3 Å². The first-order valence-electron chi connectivity index (χ1n) is 4.13. The number of aldehydes is 1. The van der Waals surface area contributed by atoms with Crippen LogP contribution in [0.15, 0.2) is 41.0 Å². The van der Waals surface area contributed by atoms with Gasteiger partial charge in [0.15, 0.2) is 6.29 Å². The Balaban J connectivity index is 2.48. The summed E-state index contributed by atoms with van der Waals surface area (Å²) in [7, 11) is 0. The van der Waals surface area contributed by atoms with Crippen LogP contribution in [0.4, 0.5) is 0 Å². The van der Waals surface area contributed by atoms with E-state index in [1.807, 2.05) is 0 Å². The quantitative estimate of drug-likeness (QED) is 0.736. The molecule has 0 amide bonds. The summed E-state index contributed by atoms with van der Waals surface area (Å²) in [5.41, 5.74) is 1.03. The molecule has 2 rings (SSSR count). The van der Waals surface area contributed by atoms with Crippen molar-refractivity contribution >= 4 is 6.29 Å². The zero-order valence-corrected chi connectivity index (χ0v) is 7.31. The third-order valence-corrected chi connectivity index (χ3v) is 1.96. The largest absolute Gasteiger partial charge is 0.507 e. The van der Waals surface area contributed by atoms with Gasteiger partial charge in [0.2, 0.25) is 0 Å². The molecule has 0 unspecified atom stereocenters. The van der Waals surface area contributed by atoms with Crippen LogP contribution in [0.2, 0.25) is 0 Å². The van der Waals surface area contributed by atoms with E-state index in [0.29, 0.717) is 12.0 Å². The Bertz CT molecular complexity index is 444. The predicted octanol–water partition coefficient (Wildman–Crippen LogP) is 2.46. The lowest BCUT2D eigenvalue weighted by Gasteiger charge is -1.99. The van der Waals surface area contributed by atoms with Crippen LogP contribution in [-0.4, -0.2) is 11.4 Å². The molecule has 0 radical (unpaired) electrons. The van der Waals surface area contributed by atoms with E-state index in [0.717, 1.165) is 5.56 Å². The fraction of sp³-hybridized carbons (Fsp3) is 0. The van der Waals surface area contributed by atoms with Crippen molar-refractivity contribution in [3.05, 3.63) is 42.2 Å². The van der Waals surface area contributed by atoms with Crippen LogP contribution in [0.1, 0.15) is 10.4 Å². The van der Waals surface area contributed by atoms with E-state index in [4.69, 9.17) is 4.42 Å². The van der Waals surface area contributed by atoms with Crippen LogP contribution in [-0.2, 0) is 0 Å². The third-order valence-electron chi connectivity index (χ3n) is 1.96. The van der Waals surface area contributed by atoms with Gasteiger partial charge in [-0.1, -0.05) is 6.07 Å². The molecule has 0 saturated carbocycles. The first-order chi connectivity index (χ1) is 6.81. The Morgan fingerprint density at radius 2 is 2.14 bits per heavy atom. The monoisotopic (exact) mass is 188 g/mol. The second kappa shape index (κ2) is 3.38. The number of carbonyl (C=O) groups excluding carboxylic acids is 1. The summed E-state index contributed by atoms with van der Waals surface area (Å²) in [6, 6.07) is 8.33. The fourth-order valence-corrected chi connectivity index (χ4v) is 1.24. The lowest BCUT2D eigenvalue weighted by atomic mass is 10.1. The van der Waals surface area contributed by atoms with Crippen LogP contribution in [0.25, 0.3) is 11.3 Å². The Hall–Kier alpha value is -2.03. The maximum atomic E-state index is 10.4. The highest BCUT2D eigenvalue weighted by Gasteiger charge is 2.04. The Kier molecular flexibility index (Phi) is 2.07. The molecule has 3 heteroatoms. The van der Waals surface area contributed by atoms with Crippen molar-refractivity contribution in [2.75, 3.05) is 0 Å². The van der Waals surface area contributed by atoms with Crippen LogP contribution < -0.4 is 0 Å². The van der Waals surface area contributed by atoms with Crippen molar-refractivity contribution in [1.29, 1.82) is 0 Å². The highest BCUT2D eigenvalue weighted by atomic mass is 16.3. The summed E-state index contributed by atoms with van der Waals surface area (Å²) in [4.78, 5) is 10.4.